The quantitative estimate of drug-likeness (QED) is 0.468. The Labute approximate surface area is 149 Å². The molecule has 0 spiro atoms. The van der Waals surface area contributed by atoms with Crippen LogP contribution in [0.1, 0.15) is 29.8 Å². The lowest BCUT2D eigenvalue weighted by atomic mass is 10.1. The molecule has 0 atom stereocenters. The van der Waals surface area contributed by atoms with Crippen LogP contribution in [0.2, 0.25) is 0 Å². The normalized spacial score (nSPS) is 10.6. The summed E-state index contributed by atoms with van der Waals surface area (Å²) in [5.41, 5.74) is 2.40. The molecular weight excluding hydrogens is 338 g/mol. The van der Waals surface area contributed by atoms with Crippen molar-refractivity contribution in [2.75, 3.05) is 6.61 Å². The van der Waals surface area contributed by atoms with Crippen molar-refractivity contribution in [2.24, 2.45) is 0 Å². The Bertz CT molecular complexity index is 865. The molecule has 25 heavy (non-hydrogen) atoms. The lowest BCUT2D eigenvalue weighted by molar-refractivity contribution is 0.101. The maximum absolute atomic E-state index is 11.6. The van der Waals surface area contributed by atoms with E-state index in [9.17, 15) is 4.79 Å². The summed E-state index contributed by atoms with van der Waals surface area (Å²) in [6.45, 7) is 4.03. The highest BCUT2D eigenvalue weighted by molar-refractivity contribution is 7.98. The Balaban J connectivity index is 1.76. The second-order valence-corrected chi connectivity index (χ2v) is 6.14. The second kappa shape index (κ2) is 7.94. The van der Waals surface area contributed by atoms with E-state index in [1.54, 1.807) is 25.4 Å². The number of benzene rings is 1. The van der Waals surface area contributed by atoms with Crippen molar-refractivity contribution in [3.05, 3.63) is 53.9 Å². The van der Waals surface area contributed by atoms with Crippen molar-refractivity contribution in [3.63, 3.8) is 0 Å². The van der Waals surface area contributed by atoms with Gasteiger partial charge in [0.15, 0.2) is 5.78 Å². The fourth-order valence-corrected chi connectivity index (χ4v) is 2.97. The van der Waals surface area contributed by atoms with Gasteiger partial charge in [-0.05, 0) is 44.2 Å². The van der Waals surface area contributed by atoms with Gasteiger partial charge in [-0.3, -0.25) is 9.78 Å². The molecule has 3 aromatic rings. The number of hydrogen-bond donors (Lipinski definition) is 0. The topological polar surface area (TPSA) is 78.1 Å². The van der Waals surface area contributed by atoms with Crippen LogP contribution >= 0.6 is 11.8 Å². The predicted octanol–water partition coefficient (Wildman–Crippen LogP) is 4.03. The fraction of sp³-hybridized carbons (Fsp3) is 0.222. The van der Waals surface area contributed by atoms with Gasteiger partial charge in [0.05, 0.1) is 6.61 Å². The van der Waals surface area contributed by atoms with Crippen LogP contribution in [0.25, 0.3) is 11.5 Å². The Morgan fingerprint density at radius 1 is 1.20 bits per heavy atom. The van der Waals surface area contributed by atoms with Gasteiger partial charge >= 0.3 is 0 Å². The summed E-state index contributed by atoms with van der Waals surface area (Å²) in [7, 11) is 0. The van der Waals surface area contributed by atoms with Gasteiger partial charge < -0.3 is 9.15 Å². The zero-order valence-electron chi connectivity index (χ0n) is 13.9. The number of aromatic nitrogens is 3. The standard InChI is InChI=1S/C18H17N3O3S/c1-3-23-16-5-4-14(12(2)22)10-15(16)11-25-18-21-20-17(24-18)13-6-8-19-9-7-13/h4-10H,3,11H2,1-2H3. The fourth-order valence-electron chi connectivity index (χ4n) is 2.23. The summed E-state index contributed by atoms with van der Waals surface area (Å²) in [6, 6.07) is 9.07. The summed E-state index contributed by atoms with van der Waals surface area (Å²) in [6.07, 6.45) is 3.35. The van der Waals surface area contributed by atoms with Crippen LogP contribution in [-0.2, 0) is 5.75 Å². The number of nitrogens with zero attached hydrogens (tertiary/aromatic N) is 3. The van der Waals surface area contributed by atoms with E-state index < -0.39 is 0 Å². The monoisotopic (exact) mass is 355 g/mol. The first-order valence-corrected chi connectivity index (χ1v) is 8.79. The number of pyridine rings is 1. The van der Waals surface area contributed by atoms with Gasteiger partial charge in [0.2, 0.25) is 5.89 Å². The Hall–Kier alpha value is -2.67. The molecule has 0 N–H and O–H groups in total. The maximum atomic E-state index is 11.6. The van der Waals surface area contributed by atoms with Gasteiger partial charge in [-0.15, -0.1) is 10.2 Å². The molecular formula is C18H17N3O3S. The molecule has 0 aliphatic rings. The number of hydrogen-bond acceptors (Lipinski definition) is 7. The van der Waals surface area contributed by atoms with Crippen molar-refractivity contribution in [1.82, 2.24) is 15.2 Å². The molecule has 0 saturated heterocycles. The number of ketones is 1. The van der Waals surface area contributed by atoms with E-state index in [-0.39, 0.29) is 5.78 Å². The number of carbonyl (C=O) groups is 1. The van der Waals surface area contributed by atoms with Crippen molar-refractivity contribution >= 4 is 17.5 Å². The maximum Gasteiger partial charge on any atom is 0.277 e. The minimum atomic E-state index is 0.0204. The summed E-state index contributed by atoms with van der Waals surface area (Å²) < 4.78 is 11.3. The van der Waals surface area contributed by atoms with E-state index in [0.717, 1.165) is 16.9 Å². The van der Waals surface area contributed by atoms with Gasteiger partial charge in [-0.1, -0.05) is 11.8 Å². The van der Waals surface area contributed by atoms with Crippen molar-refractivity contribution in [1.29, 1.82) is 0 Å². The van der Waals surface area contributed by atoms with E-state index in [1.165, 1.54) is 11.8 Å². The molecule has 2 aromatic heterocycles. The number of carbonyl (C=O) groups excluding carboxylic acids is 1. The molecule has 0 fully saturated rings. The molecule has 7 heteroatoms. The average Bonchev–Trinajstić information content (AvgIpc) is 3.11. The van der Waals surface area contributed by atoms with Crippen LogP contribution in [0.15, 0.2) is 52.4 Å². The molecule has 0 aliphatic heterocycles. The van der Waals surface area contributed by atoms with Gasteiger partial charge in [-0.2, -0.15) is 0 Å². The van der Waals surface area contributed by atoms with Crippen molar-refractivity contribution in [3.8, 4) is 17.2 Å². The first-order chi connectivity index (χ1) is 12.2. The van der Waals surface area contributed by atoms with Crippen LogP contribution in [0.3, 0.4) is 0 Å². The number of Topliss-reactive ketones (excluding diaryl/α,β-unsaturated/α-hetero) is 1. The number of rotatable bonds is 7. The summed E-state index contributed by atoms with van der Waals surface area (Å²) >= 11 is 1.40. The second-order valence-electron chi connectivity index (χ2n) is 5.21. The largest absolute Gasteiger partial charge is 0.494 e. The van der Waals surface area contributed by atoms with Gasteiger partial charge in [0, 0.05) is 34.8 Å². The summed E-state index contributed by atoms with van der Waals surface area (Å²) in [5.74, 6) is 1.79. The summed E-state index contributed by atoms with van der Waals surface area (Å²) in [4.78, 5) is 15.6. The van der Waals surface area contributed by atoms with Crippen LogP contribution in [0.4, 0.5) is 0 Å². The van der Waals surface area contributed by atoms with E-state index >= 15 is 0 Å². The van der Waals surface area contributed by atoms with Crippen molar-refractivity contribution in [2.45, 2.75) is 24.8 Å². The van der Waals surface area contributed by atoms with Gasteiger partial charge in [0.25, 0.3) is 5.22 Å². The van der Waals surface area contributed by atoms with Gasteiger partial charge in [-0.25, -0.2) is 0 Å². The molecule has 128 valence electrons. The minimum absolute atomic E-state index is 0.0204. The van der Waals surface area contributed by atoms with Crippen LogP contribution in [0.5, 0.6) is 5.75 Å². The van der Waals surface area contributed by atoms with Crippen LogP contribution in [-0.4, -0.2) is 27.6 Å². The first-order valence-electron chi connectivity index (χ1n) is 7.80. The van der Waals surface area contributed by atoms with E-state index in [1.807, 2.05) is 31.2 Å². The highest BCUT2D eigenvalue weighted by Gasteiger charge is 2.12. The zero-order valence-corrected chi connectivity index (χ0v) is 14.7. The lowest BCUT2D eigenvalue weighted by Gasteiger charge is -2.10. The Morgan fingerprint density at radius 2 is 2.00 bits per heavy atom. The Kier molecular flexibility index (Phi) is 5.45. The predicted molar refractivity (Wildman–Crippen MR) is 94.7 cm³/mol. The van der Waals surface area contributed by atoms with Crippen molar-refractivity contribution < 1.29 is 13.9 Å². The highest BCUT2D eigenvalue weighted by Crippen LogP contribution is 2.30. The average molecular weight is 355 g/mol. The SMILES string of the molecule is CCOc1ccc(C(C)=O)cc1CSc1nnc(-c2ccncc2)o1. The first kappa shape index (κ1) is 17.2. The molecule has 3 rings (SSSR count). The number of ether oxygens (including phenoxy) is 1. The third-order valence-electron chi connectivity index (χ3n) is 3.45. The minimum Gasteiger partial charge on any atom is -0.494 e. The number of thioether (sulfide) groups is 1. The molecule has 0 bridgehead atoms. The zero-order chi connectivity index (χ0) is 17.6. The molecule has 2 heterocycles. The molecule has 0 aliphatic carbocycles. The highest BCUT2D eigenvalue weighted by atomic mass is 32.2. The molecule has 6 nitrogen and oxygen atoms in total. The third kappa shape index (κ3) is 4.24. The van der Waals surface area contributed by atoms with E-state index in [4.69, 9.17) is 9.15 Å². The molecule has 1 aromatic carbocycles. The van der Waals surface area contributed by atoms with E-state index in [2.05, 4.69) is 15.2 Å². The molecule has 0 saturated carbocycles. The third-order valence-corrected chi connectivity index (χ3v) is 4.32. The Morgan fingerprint density at radius 3 is 2.72 bits per heavy atom. The molecule has 0 amide bonds. The van der Waals surface area contributed by atoms with Crippen LogP contribution < -0.4 is 4.74 Å². The summed E-state index contributed by atoms with van der Waals surface area (Å²) in [5, 5.41) is 8.57. The molecule has 0 radical (unpaired) electrons. The van der Waals surface area contributed by atoms with E-state index in [0.29, 0.717) is 29.0 Å². The smallest absolute Gasteiger partial charge is 0.277 e. The van der Waals surface area contributed by atoms with Gasteiger partial charge in [0.1, 0.15) is 5.75 Å². The molecule has 0 unspecified atom stereocenters. The van der Waals surface area contributed by atoms with Crippen LogP contribution in [0, 0.1) is 0 Å². The lowest BCUT2D eigenvalue weighted by Crippen LogP contribution is -1.99.